The third kappa shape index (κ3) is 2.48. The molecule has 2 heteroatoms. The van der Waals surface area contributed by atoms with Crippen LogP contribution in [0.3, 0.4) is 0 Å². The minimum atomic E-state index is -0.0920. The van der Waals surface area contributed by atoms with Gasteiger partial charge in [0.25, 0.3) is 6.26 Å². The summed E-state index contributed by atoms with van der Waals surface area (Å²) in [7, 11) is 0. The molecule has 0 aliphatic rings. The summed E-state index contributed by atoms with van der Waals surface area (Å²) in [5.74, 6) is 0. The number of rotatable bonds is 3. The zero-order chi connectivity index (χ0) is 9.68. The van der Waals surface area contributed by atoms with Crippen molar-refractivity contribution in [3.8, 4) is 6.26 Å². The maximum atomic E-state index is 8.41. The molecule has 0 aromatic heterocycles. The van der Waals surface area contributed by atoms with Crippen molar-refractivity contribution in [2.24, 2.45) is 0 Å². The van der Waals surface area contributed by atoms with Crippen LogP contribution in [0.4, 0.5) is 0 Å². The highest BCUT2D eigenvalue weighted by atomic mass is 16.5. The first-order valence-electron chi connectivity index (χ1n) is 4.39. The Kier molecular flexibility index (Phi) is 3.33. The van der Waals surface area contributed by atoms with Crippen molar-refractivity contribution in [2.45, 2.75) is 26.4 Å². The summed E-state index contributed by atoms with van der Waals surface area (Å²) >= 11 is 0. The molecule has 0 amide bonds. The first-order valence-corrected chi connectivity index (χ1v) is 4.39. The largest absolute Gasteiger partial charge is 0.419 e. The van der Waals surface area contributed by atoms with Crippen LogP contribution < -0.4 is 0 Å². The van der Waals surface area contributed by atoms with E-state index in [4.69, 9.17) is 10.00 Å². The summed E-state index contributed by atoms with van der Waals surface area (Å²) in [6.45, 7) is 4.04. The van der Waals surface area contributed by atoms with E-state index in [1.54, 1.807) is 6.26 Å². The summed E-state index contributed by atoms with van der Waals surface area (Å²) in [6, 6.07) is 8.05. The number of hydrogen-bond acceptors (Lipinski definition) is 2. The van der Waals surface area contributed by atoms with Gasteiger partial charge in [0, 0.05) is 0 Å². The lowest BCUT2D eigenvalue weighted by molar-refractivity contribution is 0.159. The van der Waals surface area contributed by atoms with Crippen LogP contribution in [0, 0.1) is 18.4 Å². The van der Waals surface area contributed by atoms with Crippen LogP contribution in [0.2, 0.25) is 0 Å². The molecule has 0 N–H and O–H groups in total. The second kappa shape index (κ2) is 4.51. The maximum absolute atomic E-state index is 8.41. The van der Waals surface area contributed by atoms with Crippen molar-refractivity contribution >= 4 is 0 Å². The van der Waals surface area contributed by atoms with E-state index in [1.807, 2.05) is 38.1 Å². The third-order valence-electron chi connectivity index (χ3n) is 2.01. The number of nitriles is 1. The highest BCUT2D eigenvalue weighted by molar-refractivity contribution is 5.23. The highest BCUT2D eigenvalue weighted by Crippen LogP contribution is 2.20. The van der Waals surface area contributed by atoms with E-state index < -0.39 is 0 Å². The average molecular weight is 175 g/mol. The Morgan fingerprint density at radius 1 is 1.38 bits per heavy atom. The molecule has 0 bridgehead atoms. The van der Waals surface area contributed by atoms with E-state index in [1.165, 1.54) is 5.56 Å². The first kappa shape index (κ1) is 9.60. The summed E-state index contributed by atoms with van der Waals surface area (Å²) in [5.41, 5.74) is 2.28. The van der Waals surface area contributed by atoms with E-state index in [-0.39, 0.29) is 6.10 Å². The van der Waals surface area contributed by atoms with Gasteiger partial charge in [0.2, 0.25) is 0 Å². The van der Waals surface area contributed by atoms with Crippen molar-refractivity contribution in [2.75, 3.05) is 0 Å². The van der Waals surface area contributed by atoms with E-state index in [0.717, 1.165) is 12.0 Å². The third-order valence-corrected chi connectivity index (χ3v) is 2.01. The van der Waals surface area contributed by atoms with Crippen molar-refractivity contribution in [3.05, 3.63) is 35.4 Å². The number of benzene rings is 1. The molecule has 0 fully saturated rings. The smallest absolute Gasteiger partial charge is 0.286 e. The van der Waals surface area contributed by atoms with Gasteiger partial charge in [-0.05, 0) is 18.9 Å². The van der Waals surface area contributed by atoms with Crippen molar-refractivity contribution in [1.29, 1.82) is 5.26 Å². The van der Waals surface area contributed by atoms with Crippen LogP contribution in [0.15, 0.2) is 24.3 Å². The summed E-state index contributed by atoms with van der Waals surface area (Å²) in [4.78, 5) is 0. The van der Waals surface area contributed by atoms with Crippen LogP contribution >= 0.6 is 0 Å². The first-order chi connectivity index (χ1) is 6.27. The van der Waals surface area contributed by atoms with E-state index >= 15 is 0 Å². The zero-order valence-corrected chi connectivity index (χ0v) is 7.95. The lowest BCUT2D eigenvalue weighted by atomic mass is 10.1. The summed E-state index contributed by atoms with van der Waals surface area (Å²) < 4.78 is 4.92. The molecule has 68 valence electrons. The van der Waals surface area contributed by atoms with Crippen LogP contribution in [-0.4, -0.2) is 0 Å². The fraction of sp³-hybridized carbons (Fsp3) is 0.364. The Bertz CT molecular complexity index is 297. The quantitative estimate of drug-likeness (QED) is 0.662. The molecule has 1 atom stereocenters. The van der Waals surface area contributed by atoms with E-state index in [9.17, 15) is 0 Å². The molecular weight excluding hydrogens is 162 g/mol. The topological polar surface area (TPSA) is 33.0 Å². The fourth-order valence-corrected chi connectivity index (χ4v) is 1.23. The molecule has 0 saturated heterocycles. The van der Waals surface area contributed by atoms with Crippen LogP contribution in [0.1, 0.15) is 30.6 Å². The molecule has 0 unspecified atom stereocenters. The standard InChI is InChI=1S/C11H13NO/c1-3-11(13-8-12)10-6-4-9(2)5-7-10/h4-7,11H,3H2,1-2H3/t11-/m1/s1. The van der Waals surface area contributed by atoms with Gasteiger partial charge in [0.1, 0.15) is 6.10 Å². The van der Waals surface area contributed by atoms with Gasteiger partial charge in [-0.15, -0.1) is 0 Å². The fourth-order valence-electron chi connectivity index (χ4n) is 1.23. The highest BCUT2D eigenvalue weighted by Gasteiger charge is 2.08. The molecule has 0 aliphatic heterocycles. The molecule has 2 nitrogen and oxygen atoms in total. The van der Waals surface area contributed by atoms with Gasteiger partial charge in [-0.2, -0.15) is 5.26 Å². The second-order valence-electron chi connectivity index (χ2n) is 3.02. The van der Waals surface area contributed by atoms with Gasteiger partial charge < -0.3 is 4.74 Å². The van der Waals surface area contributed by atoms with E-state index in [0.29, 0.717) is 0 Å². The summed E-state index contributed by atoms with van der Waals surface area (Å²) in [6.07, 6.45) is 2.46. The second-order valence-corrected chi connectivity index (χ2v) is 3.02. The number of ether oxygens (including phenoxy) is 1. The molecule has 0 saturated carbocycles. The van der Waals surface area contributed by atoms with Crippen molar-refractivity contribution < 1.29 is 4.74 Å². The van der Waals surface area contributed by atoms with Gasteiger partial charge in [0.05, 0.1) is 0 Å². The van der Waals surface area contributed by atoms with Crippen LogP contribution in [0.25, 0.3) is 0 Å². The van der Waals surface area contributed by atoms with Crippen LogP contribution in [0.5, 0.6) is 0 Å². The lowest BCUT2D eigenvalue weighted by Gasteiger charge is -2.11. The molecule has 0 radical (unpaired) electrons. The van der Waals surface area contributed by atoms with Crippen molar-refractivity contribution in [3.63, 3.8) is 0 Å². The Labute approximate surface area is 78.8 Å². The maximum Gasteiger partial charge on any atom is 0.286 e. The van der Waals surface area contributed by atoms with Gasteiger partial charge >= 0.3 is 0 Å². The molecule has 1 rings (SSSR count). The molecule has 0 heterocycles. The monoisotopic (exact) mass is 175 g/mol. The Balaban J connectivity index is 2.80. The number of aryl methyl sites for hydroxylation is 1. The number of hydrogen-bond donors (Lipinski definition) is 0. The molecule has 1 aromatic carbocycles. The van der Waals surface area contributed by atoms with E-state index in [2.05, 4.69) is 0 Å². The Hall–Kier alpha value is -1.49. The predicted octanol–water partition coefficient (Wildman–Crippen LogP) is 2.94. The SMILES string of the molecule is CC[C@@H](OC#N)c1ccc(C)cc1. The summed E-state index contributed by atoms with van der Waals surface area (Å²) in [5, 5.41) is 8.41. The molecule has 0 spiro atoms. The average Bonchev–Trinajstić information content (AvgIpc) is 2.16. The van der Waals surface area contributed by atoms with Crippen LogP contribution in [-0.2, 0) is 4.74 Å². The van der Waals surface area contributed by atoms with Crippen molar-refractivity contribution in [1.82, 2.24) is 0 Å². The Morgan fingerprint density at radius 2 is 2.00 bits per heavy atom. The van der Waals surface area contributed by atoms with Gasteiger partial charge in [-0.3, -0.25) is 0 Å². The minimum Gasteiger partial charge on any atom is -0.419 e. The number of nitrogens with zero attached hydrogens (tertiary/aromatic N) is 1. The molecular formula is C11H13NO. The zero-order valence-electron chi connectivity index (χ0n) is 7.95. The van der Waals surface area contributed by atoms with Gasteiger partial charge in [-0.1, -0.05) is 36.8 Å². The van der Waals surface area contributed by atoms with Gasteiger partial charge in [0.15, 0.2) is 0 Å². The normalized spacial score (nSPS) is 11.8. The molecule has 0 aliphatic carbocycles. The predicted molar refractivity (Wildman–Crippen MR) is 50.9 cm³/mol. The molecule has 13 heavy (non-hydrogen) atoms. The minimum absolute atomic E-state index is 0.0920. The molecule has 1 aromatic rings. The lowest BCUT2D eigenvalue weighted by Crippen LogP contribution is -1.98. The van der Waals surface area contributed by atoms with Gasteiger partial charge in [-0.25, -0.2) is 0 Å². The Morgan fingerprint density at radius 3 is 2.46 bits per heavy atom.